The Bertz CT molecular complexity index is 1550. The van der Waals surface area contributed by atoms with Gasteiger partial charge >= 0.3 is 11.9 Å². The van der Waals surface area contributed by atoms with E-state index < -0.39 is 39.4 Å². The second-order valence-corrected chi connectivity index (χ2v) is 23.4. The Balaban J connectivity index is 1.72. The molecular formula is C42H58Cl2O8P2. The van der Waals surface area contributed by atoms with Crippen LogP contribution in [0.1, 0.15) is 128 Å². The third kappa shape index (κ3) is 8.63. The van der Waals surface area contributed by atoms with Gasteiger partial charge in [-0.3, -0.25) is 0 Å². The summed E-state index contributed by atoms with van der Waals surface area (Å²) in [6, 6.07) is 7.25. The lowest BCUT2D eigenvalue weighted by molar-refractivity contribution is -0.143. The average Bonchev–Trinajstić information content (AvgIpc) is 3.23. The van der Waals surface area contributed by atoms with Crippen molar-refractivity contribution in [3.05, 3.63) is 34.3 Å². The number of methoxy groups -OCH3 is 2. The highest BCUT2D eigenvalue weighted by Gasteiger charge is 2.49. The topological polar surface area (TPSA) is 105 Å². The lowest BCUT2D eigenvalue weighted by Crippen LogP contribution is -2.33. The van der Waals surface area contributed by atoms with Crippen molar-refractivity contribution in [3.8, 4) is 22.6 Å². The predicted octanol–water partition coefficient (Wildman–Crippen LogP) is 11.1. The van der Waals surface area contributed by atoms with E-state index in [1.807, 2.05) is 12.1 Å². The molecule has 8 nitrogen and oxygen atoms in total. The maximum atomic E-state index is 16.6. The Morgan fingerprint density at radius 2 is 0.796 bits per heavy atom. The first-order valence-electron chi connectivity index (χ1n) is 20.4. The van der Waals surface area contributed by atoms with Crippen LogP contribution in [-0.4, -0.2) is 62.0 Å². The summed E-state index contributed by atoms with van der Waals surface area (Å²) < 4.78 is 56.0. The van der Waals surface area contributed by atoms with Crippen LogP contribution in [0.5, 0.6) is 11.5 Å². The number of ether oxygens (including phenoxy) is 4. The monoisotopic (exact) mass is 822 g/mol. The SMILES string of the molecule is COC(=O)COc1c(Cl)ccc(P(=O)(C2CCCCC2)C2CCCCC2)c1-c1c(P(=O)(C2CCCCC2)C2CCCCC2)ccc(Cl)c1OCC(=O)OC. The van der Waals surface area contributed by atoms with E-state index in [-0.39, 0.29) is 44.2 Å². The highest BCUT2D eigenvalue weighted by Crippen LogP contribution is 2.67. The maximum absolute atomic E-state index is 16.6. The van der Waals surface area contributed by atoms with E-state index in [2.05, 4.69) is 0 Å². The van der Waals surface area contributed by atoms with Crippen molar-refractivity contribution < 1.29 is 37.7 Å². The number of benzene rings is 2. The second-order valence-electron chi connectivity index (χ2n) is 15.9. The van der Waals surface area contributed by atoms with Crippen LogP contribution in [0, 0.1) is 0 Å². The third-order valence-electron chi connectivity index (χ3n) is 12.8. The number of esters is 2. The van der Waals surface area contributed by atoms with Crippen molar-refractivity contribution in [2.75, 3.05) is 27.4 Å². The first-order chi connectivity index (χ1) is 26.1. The predicted molar refractivity (Wildman–Crippen MR) is 219 cm³/mol. The van der Waals surface area contributed by atoms with Crippen LogP contribution < -0.4 is 20.1 Å². The molecule has 0 amide bonds. The van der Waals surface area contributed by atoms with Crippen molar-refractivity contribution in [1.82, 2.24) is 0 Å². The van der Waals surface area contributed by atoms with E-state index >= 15 is 9.13 Å². The molecule has 12 heteroatoms. The lowest BCUT2D eigenvalue weighted by atomic mass is 9.99. The molecule has 0 aromatic heterocycles. The molecule has 0 unspecified atom stereocenters. The second kappa shape index (κ2) is 19.0. The summed E-state index contributed by atoms with van der Waals surface area (Å²) in [4.78, 5) is 25.4. The van der Waals surface area contributed by atoms with Crippen molar-refractivity contribution in [3.63, 3.8) is 0 Å². The molecule has 54 heavy (non-hydrogen) atoms. The first kappa shape index (κ1) is 41.6. The van der Waals surface area contributed by atoms with Crippen molar-refractivity contribution in [2.24, 2.45) is 0 Å². The van der Waals surface area contributed by atoms with Gasteiger partial charge in [-0.05, 0) is 75.6 Å². The molecule has 0 atom stereocenters. The van der Waals surface area contributed by atoms with Gasteiger partial charge in [-0.15, -0.1) is 0 Å². The Morgan fingerprint density at radius 1 is 0.519 bits per heavy atom. The fourth-order valence-corrected chi connectivity index (χ4v) is 19.5. The number of hydrogen-bond acceptors (Lipinski definition) is 8. The molecule has 0 radical (unpaired) electrons. The Hall–Kier alpha value is -1.98. The van der Waals surface area contributed by atoms with E-state index in [0.29, 0.717) is 21.7 Å². The lowest BCUT2D eigenvalue weighted by Gasteiger charge is -2.41. The molecule has 4 aliphatic carbocycles. The van der Waals surface area contributed by atoms with Crippen LogP contribution in [0.15, 0.2) is 24.3 Å². The van der Waals surface area contributed by atoms with Gasteiger partial charge in [-0.25, -0.2) is 9.59 Å². The molecule has 0 heterocycles. The molecule has 4 aliphatic rings. The van der Waals surface area contributed by atoms with Crippen LogP contribution in [0.25, 0.3) is 11.1 Å². The van der Waals surface area contributed by atoms with Gasteiger partial charge in [0, 0.05) is 44.4 Å². The molecule has 2 aromatic rings. The summed E-state index contributed by atoms with van der Waals surface area (Å²) in [5.74, 6) is -0.879. The highest BCUT2D eigenvalue weighted by atomic mass is 35.5. The Kier molecular flexibility index (Phi) is 14.6. The zero-order chi connectivity index (χ0) is 38.3. The van der Waals surface area contributed by atoms with E-state index in [1.165, 1.54) is 14.2 Å². The Morgan fingerprint density at radius 3 is 1.06 bits per heavy atom. The van der Waals surface area contributed by atoms with Gasteiger partial charge in [0.25, 0.3) is 0 Å². The van der Waals surface area contributed by atoms with Gasteiger partial charge in [0.15, 0.2) is 13.2 Å². The molecule has 298 valence electrons. The number of halogens is 2. The van der Waals surface area contributed by atoms with Gasteiger partial charge in [-0.1, -0.05) is 100 Å². The molecule has 2 aromatic carbocycles. The molecule has 6 rings (SSSR count). The van der Waals surface area contributed by atoms with Crippen LogP contribution in [0.4, 0.5) is 0 Å². The van der Waals surface area contributed by atoms with Gasteiger partial charge in [0.05, 0.1) is 24.3 Å². The third-order valence-corrected chi connectivity index (χ3v) is 22.0. The van der Waals surface area contributed by atoms with E-state index in [4.69, 9.17) is 42.1 Å². The minimum atomic E-state index is -3.28. The molecule has 4 saturated carbocycles. The van der Waals surface area contributed by atoms with Gasteiger partial charge in [0.2, 0.25) is 0 Å². The quantitative estimate of drug-likeness (QED) is 0.145. The normalized spacial score (nSPS) is 20.0. The maximum Gasteiger partial charge on any atom is 0.343 e. The summed E-state index contributed by atoms with van der Waals surface area (Å²) in [6.07, 6.45) is 19.3. The molecule has 0 aliphatic heterocycles. The van der Waals surface area contributed by atoms with Gasteiger partial charge in [-0.2, -0.15) is 0 Å². The van der Waals surface area contributed by atoms with Crippen molar-refractivity contribution in [2.45, 2.75) is 151 Å². The van der Waals surface area contributed by atoms with Crippen LogP contribution in [-0.2, 0) is 28.2 Å². The molecule has 0 saturated heterocycles. The van der Waals surface area contributed by atoms with Gasteiger partial charge < -0.3 is 28.1 Å². The average molecular weight is 824 g/mol. The van der Waals surface area contributed by atoms with Crippen LogP contribution >= 0.6 is 37.5 Å². The minimum Gasteiger partial charge on any atom is -0.480 e. The smallest absolute Gasteiger partial charge is 0.343 e. The summed E-state index contributed by atoms with van der Waals surface area (Å²) in [5, 5.41) is 1.67. The summed E-state index contributed by atoms with van der Waals surface area (Å²) in [5.41, 5.74) is 0.661. The number of rotatable bonds is 13. The zero-order valence-electron chi connectivity index (χ0n) is 32.1. The molecule has 0 N–H and O–H groups in total. The Labute approximate surface area is 331 Å². The van der Waals surface area contributed by atoms with Crippen molar-refractivity contribution >= 4 is 60.0 Å². The van der Waals surface area contributed by atoms with E-state index in [1.54, 1.807) is 12.1 Å². The van der Waals surface area contributed by atoms with Crippen LogP contribution in [0.2, 0.25) is 10.0 Å². The fraction of sp³-hybridized carbons (Fsp3) is 0.667. The molecular weight excluding hydrogens is 765 g/mol. The standard InChI is InChI=1S/C42H58Cl2O8P2/c1-49-37(45)27-51-41-33(43)23-25-35(53(47,29-15-7-3-8-16-29)30-17-9-4-10-18-30)39(41)40-36(26-24-34(44)42(40)52-28-38(46)50-2)54(48,31-19-11-5-12-20-31)32-21-13-6-14-22-32/h23-26,29-32H,3-22,27-28H2,1-2H3. The summed E-state index contributed by atoms with van der Waals surface area (Å²) >= 11 is 14.2. The molecule has 0 bridgehead atoms. The van der Waals surface area contributed by atoms with Gasteiger partial charge in [0.1, 0.15) is 25.8 Å². The minimum absolute atomic E-state index is 0.0479. The largest absolute Gasteiger partial charge is 0.480 e. The number of hydrogen-bond donors (Lipinski definition) is 0. The summed E-state index contributed by atoms with van der Waals surface area (Å²) in [6.45, 7) is -0.887. The number of carbonyl (C=O) groups is 2. The first-order valence-corrected chi connectivity index (χ1v) is 24.8. The van der Waals surface area contributed by atoms with Crippen molar-refractivity contribution in [1.29, 1.82) is 0 Å². The van der Waals surface area contributed by atoms with E-state index in [0.717, 1.165) is 128 Å². The van der Waals surface area contributed by atoms with Crippen LogP contribution in [0.3, 0.4) is 0 Å². The molecule has 0 spiro atoms. The number of carbonyl (C=O) groups excluding carboxylic acids is 2. The molecule has 4 fully saturated rings. The fourth-order valence-electron chi connectivity index (χ4n) is 10.1. The van der Waals surface area contributed by atoms with E-state index in [9.17, 15) is 9.59 Å². The highest BCUT2D eigenvalue weighted by molar-refractivity contribution is 7.74. The zero-order valence-corrected chi connectivity index (χ0v) is 35.4. The summed E-state index contributed by atoms with van der Waals surface area (Å²) in [7, 11) is -3.96.